The summed E-state index contributed by atoms with van der Waals surface area (Å²) < 4.78 is 12.1. The van der Waals surface area contributed by atoms with Crippen LogP contribution in [0.15, 0.2) is 69.1 Å². The highest BCUT2D eigenvalue weighted by atomic mass is 79.9. The summed E-state index contributed by atoms with van der Waals surface area (Å²) >= 11 is 5.13. The topological polar surface area (TPSA) is 45.8 Å². The predicted molar refractivity (Wildman–Crippen MR) is 103 cm³/mol. The molecule has 0 amide bonds. The van der Waals surface area contributed by atoms with E-state index < -0.39 is 6.10 Å². The highest BCUT2D eigenvalue weighted by Gasteiger charge is 2.15. The van der Waals surface area contributed by atoms with E-state index >= 15 is 0 Å². The molecule has 1 aromatic carbocycles. The van der Waals surface area contributed by atoms with Gasteiger partial charge in [-0.15, -0.1) is 11.3 Å². The van der Waals surface area contributed by atoms with Gasteiger partial charge >= 0.3 is 0 Å². The fourth-order valence-electron chi connectivity index (χ4n) is 2.53. The number of benzene rings is 1. The molecule has 25 heavy (non-hydrogen) atoms. The second-order valence-corrected chi connectivity index (χ2v) is 7.70. The zero-order valence-corrected chi connectivity index (χ0v) is 16.1. The van der Waals surface area contributed by atoms with Crippen LogP contribution in [0, 0.1) is 0 Å². The summed E-state index contributed by atoms with van der Waals surface area (Å²) in [5, 5.41) is 12.5. The highest BCUT2D eigenvalue weighted by Crippen LogP contribution is 2.19. The molecule has 2 heterocycles. The van der Waals surface area contributed by atoms with Gasteiger partial charge in [-0.25, -0.2) is 0 Å². The van der Waals surface area contributed by atoms with Gasteiger partial charge in [0, 0.05) is 22.4 Å². The minimum atomic E-state index is -0.589. The van der Waals surface area contributed by atoms with Crippen molar-refractivity contribution in [3.05, 3.63) is 75.3 Å². The summed E-state index contributed by atoms with van der Waals surface area (Å²) in [7, 11) is 0. The third-order valence-corrected chi connectivity index (χ3v) is 4.98. The maximum absolute atomic E-state index is 10.4. The average Bonchev–Trinajstić information content (AvgIpc) is 3.27. The second kappa shape index (κ2) is 9.20. The molecule has 4 nitrogen and oxygen atoms in total. The van der Waals surface area contributed by atoms with Crippen molar-refractivity contribution in [1.29, 1.82) is 0 Å². The van der Waals surface area contributed by atoms with Crippen LogP contribution in [0.4, 0.5) is 0 Å². The van der Waals surface area contributed by atoms with Crippen molar-refractivity contribution >= 4 is 27.3 Å². The first kappa shape index (κ1) is 18.2. The van der Waals surface area contributed by atoms with E-state index in [1.54, 1.807) is 17.6 Å². The lowest BCUT2D eigenvalue weighted by Gasteiger charge is -2.24. The first-order valence-electron chi connectivity index (χ1n) is 8.02. The molecule has 1 atom stereocenters. The Morgan fingerprint density at radius 3 is 2.80 bits per heavy atom. The summed E-state index contributed by atoms with van der Waals surface area (Å²) in [6.45, 7) is 2.17. The minimum Gasteiger partial charge on any atom is -0.491 e. The monoisotopic (exact) mass is 421 g/mol. The minimum absolute atomic E-state index is 0.246. The maximum atomic E-state index is 10.4. The van der Waals surface area contributed by atoms with E-state index in [2.05, 4.69) is 32.3 Å². The van der Waals surface area contributed by atoms with E-state index in [-0.39, 0.29) is 6.61 Å². The van der Waals surface area contributed by atoms with E-state index in [1.807, 2.05) is 42.5 Å². The van der Waals surface area contributed by atoms with Crippen molar-refractivity contribution in [3.8, 4) is 5.75 Å². The van der Waals surface area contributed by atoms with Crippen LogP contribution in [0.25, 0.3) is 0 Å². The van der Waals surface area contributed by atoms with Crippen LogP contribution in [-0.4, -0.2) is 29.3 Å². The van der Waals surface area contributed by atoms with Crippen molar-refractivity contribution in [2.45, 2.75) is 19.2 Å². The standard InChI is InChI=1S/C19H20BrNO3S/c20-15-4-1-5-17(10-15)24-14-16(22)11-21(12-18-6-2-8-23-18)13-19-7-3-9-25-19/h1-10,16,22H,11-14H2/t16-/m1/s1. The zero-order valence-electron chi connectivity index (χ0n) is 13.7. The van der Waals surface area contributed by atoms with Gasteiger partial charge in [0.25, 0.3) is 0 Å². The number of thiophene rings is 1. The molecule has 132 valence electrons. The fraction of sp³-hybridized carbons (Fsp3) is 0.263. The van der Waals surface area contributed by atoms with E-state index in [0.717, 1.165) is 22.5 Å². The molecule has 6 heteroatoms. The molecule has 0 radical (unpaired) electrons. The van der Waals surface area contributed by atoms with Gasteiger partial charge in [-0.3, -0.25) is 4.90 Å². The number of furan rings is 1. The largest absolute Gasteiger partial charge is 0.491 e. The molecule has 0 spiro atoms. The molecule has 2 aromatic heterocycles. The van der Waals surface area contributed by atoms with Crippen molar-refractivity contribution in [3.63, 3.8) is 0 Å². The normalized spacial score (nSPS) is 12.4. The van der Waals surface area contributed by atoms with Crippen LogP contribution in [0.1, 0.15) is 10.6 Å². The third kappa shape index (κ3) is 6.01. The van der Waals surface area contributed by atoms with Crippen LogP contribution in [-0.2, 0) is 13.1 Å². The number of hydrogen-bond donors (Lipinski definition) is 1. The SMILES string of the molecule is O[C@@H](COc1cccc(Br)c1)CN(Cc1ccco1)Cc1cccs1. The summed E-state index contributed by atoms with van der Waals surface area (Å²) in [6, 6.07) is 15.6. The van der Waals surface area contributed by atoms with Crippen molar-refractivity contribution < 1.29 is 14.3 Å². The Morgan fingerprint density at radius 2 is 2.08 bits per heavy atom. The lowest BCUT2D eigenvalue weighted by molar-refractivity contribution is 0.0608. The smallest absolute Gasteiger partial charge is 0.120 e. The Labute approximate surface area is 159 Å². The summed E-state index contributed by atoms with van der Waals surface area (Å²) in [4.78, 5) is 3.42. The van der Waals surface area contributed by atoms with Gasteiger partial charge in [0.05, 0.1) is 12.8 Å². The Bertz CT molecular complexity index is 710. The number of aliphatic hydroxyl groups is 1. The molecule has 1 N–H and O–H groups in total. The Morgan fingerprint density at radius 1 is 1.16 bits per heavy atom. The van der Waals surface area contributed by atoms with Gasteiger partial charge in [-0.2, -0.15) is 0 Å². The highest BCUT2D eigenvalue weighted by molar-refractivity contribution is 9.10. The third-order valence-electron chi connectivity index (χ3n) is 3.63. The lowest BCUT2D eigenvalue weighted by Crippen LogP contribution is -2.34. The van der Waals surface area contributed by atoms with Crippen molar-refractivity contribution in [2.75, 3.05) is 13.2 Å². The maximum Gasteiger partial charge on any atom is 0.120 e. The Balaban J connectivity index is 1.56. The first-order valence-corrected chi connectivity index (χ1v) is 9.70. The van der Waals surface area contributed by atoms with Gasteiger partial charge in [0.15, 0.2) is 0 Å². The molecule has 0 fully saturated rings. The number of nitrogens with zero attached hydrogens (tertiary/aromatic N) is 1. The molecule has 0 unspecified atom stereocenters. The number of halogens is 1. The van der Waals surface area contributed by atoms with Crippen molar-refractivity contribution in [2.24, 2.45) is 0 Å². The molecule has 0 saturated carbocycles. The molecule has 0 saturated heterocycles. The molecule has 0 bridgehead atoms. The molecule has 3 aromatic rings. The number of ether oxygens (including phenoxy) is 1. The van der Waals surface area contributed by atoms with Crippen LogP contribution in [0.2, 0.25) is 0 Å². The van der Waals surface area contributed by atoms with Crippen molar-refractivity contribution in [1.82, 2.24) is 4.90 Å². The lowest BCUT2D eigenvalue weighted by atomic mass is 10.3. The summed E-state index contributed by atoms with van der Waals surface area (Å²) in [5.74, 6) is 1.63. The summed E-state index contributed by atoms with van der Waals surface area (Å²) in [5.41, 5.74) is 0. The first-order chi connectivity index (χ1) is 12.2. The van der Waals surface area contributed by atoms with Crippen LogP contribution < -0.4 is 4.74 Å². The van der Waals surface area contributed by atoms with Crippen LogP contribution >= 0.6 is 27.3 Å². The van der Waals surface area contributed by atoms with Crippen LogP contribution in [0.3, 0.4) is 0 Å². The average molecular weight is 422 g/mol. The fourth-order valence-corrected chi connectivity index (χ4v) is 3.66. The van der Waals surface area contributed by atoms with E-state index in [0.29, 0.717) is 13.1 Å². The van der Waals surface area contributed by atoms with E-state index in [4.69, 9.17) is 9.15 Å². The summed E-state index contributed by atoms with van der Waals surface area (Å²) in [6.07, 6.45) is 1.08. The Hall–Kier alpha value is -1.60. The molecular weight excluding hydrogens is 402 g/mol. The Kier molecular flexibility index (Phi) is 6.69. The predicted octanol–water partition coefficient (Wildman–Crippen LogP) is 4.55. The molecule has 0 aliphatic heterocycles. The zero-order chi connectivity index (χ0) is 17.5. The quantitative estimate of drug-likeness (QED) is 0.550. The van der Waals surface area contributed by atoms with E-state index in [9.17, 15) is 5.11 Å². The molecule has 0 aliphatic rings. The van der Waals surface area contributed by atoms with Gasteiger partial charge < -0.3 is 14.3 Å². The number of hydrogen-bond acceptors (Lipinski definition) is 5. The second-order valence-electron chi connectivity index (χ2n) is 5.75. The molecular formula is C19H20BrNO3S. The molecule has 3 rings (SSSR count). The van der Waals surface area contributed by atoms with E-state index in [1.165, 1.54) is 4.88 Å². The van der Waals surface area contributed by atoms with Gasteiger partial charge in [-0.05, 0) is 41.8 Å². The number of aliphatic hydroxyl groups excluding tert-OH is 1. The molecule has 0 aliphatic carbocycles. The van der Waals surface area contributed by atoms with Gasteiger partial charge in [-0.1, -0.05) is 28.1 Å². The van der Waals surface area contributed by atoms with Crippen LogP contribution in [0.5, 0.6) is 5.75 Å². The number of rotatable bonds is 9. The van der Waals surface area contributed by atoms with Gasteiger partial charge in [0.2, 0.25) is 0 Å². The van der Waals surface area contributed by atoms with Gasteiger partial charge in [0.1, 0.15) is 24.2 Å².